The Hall–Kier alpha value is -3.03. The molecule has 0 amide bonds. The van der Waals surface area contributed by atoms with Crippen LogP contribution < -0.4 is 14.2 Å². The third kappa shape index (κ3) is 6.30. The van der Waals surface area contributed by atoms with Crippen LogP contribution >= 0.6 is 0 Å². The van der Waals surface area contributed by atoms with Gasteiger partial charge in [0, 0.05) is 31.9 Å². The highest BCUT2D eigenvalue weighted by Gasteiger charge is 2.34. The zero-order valence-electron chi connectivity index (χ0n) is 20.2. The summed E-state index contributed by atoms with van der Waals surface area (Å²) in [6.07, 6.45) is 6.37. The van der Waals surface area contributed by atoms with Crippen LogP contribution in [0.3, 0.4) is 0 Å². The summed E-state index contributed by atoms with van der Waals surface area (Å²) in [7, 11) is 1.66. The molecule has 0 spiro atoms. The first kappa shape index (κ1) is 24.1. The van der Waals surface area contributed by atoms with Crippen molar-refractivity contribution in [2.45, 2.75) is 44.9 Å². The molecule has 182 valence electrons. The average Bonchev–Trinajstić information content (AvgIpc) is 3.32. The van der Waals surface area contributed by atoms with E-state index in [4.69, 9.17) is 14.2 Å². The van der Waals surface area contributed by atoms with E-state index in [2.05, 4.69) is 27.4 Å². The van der Waals surface area contributed by atoms with Crippen LogP contribution in [0.15, 0.2) is 60.9 Å². The number of imidazole rings is 1. The summed E-state index contributed by atoms with van der Waals surface area (Å²) >= 11 is 0. The summed E-state index contributed by atoms with van der Waals surface area (Å²) in [5.74, 6) is 3.29. The van der Waals surface area contributed by atoms with E-state index < -0.39 is 5.60 Å². The summed E-state index contributed by atoms with van der Waals surface area (Å²) in [4.78, 5) is 6.63. The summed E-state index contributed by atoms with van der Waals surface area (Å²) < 4.78 is 19.6. The van der Waals surface area contributed by atoms with Crippen LogP contribution in [0.4, 0.5) is 0 Å². The molecule has 4 rings (SSSR count). The second kappa shape index (κ2) is 11.4. The minimum atomic E-state index is -0.855. The van der Waals surface area contributed by atoms with E-state index >= 15 is 0 Å². The van der Waals surface area contributed by atoms with Crippen molar-refractivity contribution >= 4 is 0 Å². The van der Waals surface area contributed by atoms with E-state index in [0.29, 0.717) is 19.8 Å². The Morgan fingerprint density at radius 1 is 1.09 bits per heavy atom. The van der Waals surface area contributed by atoms with Crippen LogP contribution in [0.1, 0.15) is 31.2 Å². The quantitative estimate of drug-likeness (QED) is 0.463. The predicted octanol–water partition coefficient (Wildman–Crippen LogP) is 3.94. The first-order chi connectivity index (χ1) is 16.6. The third-order valence-corrected chi connectivity index (χ3v) is 6.23. The number of aliphatic hydroxyl groups is 1. The van der Waals surface area contributed by atoms with Gasteiger partial charge in [-0.2, -0.15) is 0 Å². The molecular formula is C27H35N3O4. The topological polar surface area (TPSA) is 69.0 Å². The van der Waals surface area contributed by atoms with Gasteiger partial charge in [0.2, 0.25) is 0 Å². The minimum absolute atomic E-state index is 0.292. The molecule has 34 heavy (non-hydrogen) atoms. The van der Waals surface area contributed by atoms with Crippen molar-refractivity contribution in [1.82, 2.24) is 14.5 Å². The van der Waals surface area contributed by atoms with E-state index in [9.17, 15) is 5.11 Å². The molecule has 2 heterocycles. The highest BCUT2D eigenvalue weighted by Crippen LogP contribution is 2.30. The van der Waals surface area contributed by atoms with E-state index in [1.165, 1.54) is 0 Å². The van der Waals surface area contributed by atoms with Crippen molar-refractivity contribution in [3.8, 4) is 17.2 Å². The molecule has 1 N–H and O–H groups in total. The molecular weight excluding hydrogens is 430 g/mol. The fraction of sp³-hybridized carbons (Fsp3) is 0.444. The SMILES string of the molecule is CCc1nccn1CCOc1ccc(CN2CCCC(O)(COc3ccccc3)C2)cc1OC. The number of rotatable bonds is 11. The number of methoxy groups -OCH3 is 1. The van der Waals surface area contributed by atoms with Gasteiger partial charge in [0.25, 0.3) is 0 Å². The van der Waals surface area contributed by atoms with Gasteiger partial charge in [-0.25, -0.2) is 4.98 Å². The number of benzene rings is 2. The summed E-state index contributed by atoms with van der Waals surface area (Å²) in [5.41, 5.74) is 0.270. The maximum absolute atomic E-state index is 11.1. The maximum atomic E-state index is 11.1. The lowest BCUT2D eigenvalue weighted by atomic mass is 9.93. The first-order valence-electron chi connectivity index (χ1n) is 12.0. The zero-order chi connectivity index (χ0) is 23.8. The van der Waals surface area contributed by atoms with Crippen molar-refractivity contribution in [2.24, 2.45) is 0 Å². The van der Waals surface area contributed by atoms with Gasteiger partial charge >= 0.3 is 0 Å². The number of likely N-dealkylation sites (tertiary alicyclic amines) is 1. The number of β-amino-alcohol motifs (C(OH)–C–C–N with tert-alkyl or cyclic N) is 1. The molecule has 3 aromatic rings. The van der Waals surface area contributed by atoms with Crippen molar-refractivity contribution in [3.05, 3.63) is 72.3 Å². The Morgan fingerprint density at radius 3 is 2.74 bits per heavy atom. The molecule has 0 saturated carbocycles. The van der Waals surface area contributed by atoms with E-state index in [-0.39, 0.29) is 0 Å². The Kier molecular flexibility index (Phi) is 8.08. The Balaban J connectivity index is 1.32. The molecule has 0 aliphatic carbocycles. The number of nitrogens with zero attached hydrogens (tertiary/aromatic N) is 3. The van der Waals surface area contributed by atoms with Gasteiger partial charge in [-0.1, -0.05) is 31.2 Å². The average molecular weight is 466 g/mol. The lowest BCUT2D eigenvalue weighted by molar-refractivity contribution is -0.0621. The normalized spacial score (nSPS) is 18.6. The molecule has 1 aromatic heterocycles. The highest BCUT2D eigenvalue weighted by molar-refractivity contribution is 5.43. The van der Waals surface area contributed by atoms with E-state index in [1.54, 1.807) is 7.11 Å². The van der Waals surface area contributed by atoms with Crippen LogP contribution in [0.5, 0.6) is 17.2 Å². The third-order valence-electron chi connectivity index (χ3n) is 6.23. The van der Waals surface area contributed by atoms with Crippen molar-refractivity contribution in [2.75, 3.05) is 33.4 Å². The van der Waals surface area contributed by atoms with Crippen LogP contribution in [-0.4, -0.2) is 58.6 Å². The summed E-state index contributed by atoms with van der Waals surface area (Å²) in [5, 5.41) is 11.1. The number of hydrogen-bond acceptors (Lipinski definition) is 6. The number of para-hydroxylation sites is 1. The van der Waals surface area contributed by atoms with Gasteiger partial charge in [0.05, 0.1) is 13.7 Å². The van der Waals surface area contributed by atoms with Gasteiger partial charge < -0.3 is 23.9 Å². The largest absolute Gasteiger partial charge is 0.493 e. The van der Waals surface area contributed by atoms with Crippen molar-refractivity contribution in [3.63, 3.8) is 0 Å². The zero-order valence-corrected chi connectivity index (χ0v) is 20.2. The van der Waals surface area contributed by atoms with Gasteiger partial charge in [0.15, 0.2) is 11.5 Å². The number of piperidine rings is 1. The Labute approximate surface area is 201 Å². The van der Waals surface area contributed by atoms with Gasteiger partial charge in [0.1, 0.15) is 30.4 Å². The predicted molar refractivity (Wildman–Crippen MR) is 131 cm³/mol. The maximum Gasteiger partial charge on any atom is 0.161 e. The van der Waals surface area contributed by atoms with E-state index in [1.807, 2.05) is 54.9 Å². The molecule has 0 bridgehead atoms. The first-order valence-corrected chi connectivity index (χ1v) is 12.0. The van der Waals surface area contributed by atoms with E-state index in [0.717, 1.165) is 67.5 Å². The van der Waals surface area contributed by atoms with Gasteiger partial charge in [-0.3, -0.25) is 4.90 Å². The number of ether oxygens (including phenoxy) is 3. The molecule has 0 radical (unpaired) electrons. The fourth-order valence-electron chi connectivity index (χ4n) is 4.49. The van der Waals surface area contributed by atoms with Crippen molar-refractivity contribution in [1.29, 1.82) is 0 Å². The summed E-state index contributed by atoms with van der Waals surface area (Å²) in [6.45, 7) is 5.93. The monoisotopic (exact) mass is 465 g/mol. The molecule has 7 nitrogen and oxygen atoms in total. The highest BCUT2D eigenvalue weighted by atomic mass is 16.5. The van der Waals surface area contributed by atoms with Crippen LogP contribution in [-0.2, 0) is 19.5 Å². The molecule has 1 saturated heterocycles. The lowest BCUT2D eigenvalue weighted by Gasteiger charge is -2.39. The van der Waals surface area contributed by atoms with Gasteiger partial charge in [-0.15, -0.1) is 0 Å². The van der Waals surface area contributed by atoms with Crippen LogP contribution in [0.25, 0.3) is 0 Å². The number of aryl methyl sites for hydroxylation is 1. The molecule has 2 aromatic carbocycles. The van der Waals surface area contributed by atoms with Gasteiger partial charge in [-0.05, 0) is 49.2 Å². The minimum Gasteiger partial charge on any atom is -0.493 e. The second-order valence-electron chi connectivity index (χ2n) is 8.86. The van der Waals surface area contributed by atoms with Crippen molar-refractivity contribution < 1.29 is 19.3 Å². The fourth-order valence-corrected chi connectivity index (χ4v) is 4.49. The molecule has 1 fully saturated rings. The molecule has 1 unspecified atom stereocenters. The Bertz CT molecular complexity index is 1040. The molecule has 1 aliphatic rings. The molecule has 7 heteroatoms. The molecule has 1 aliphatic heterocycles. The lowest BCUT2D eigenvalue weighted by Crippen LogP contribution is -2.51. The molecule has 1 atom stereocenters. The number of hydrogen-bond donors (Lipinski definition) is 1. The Morgan fingerprint density at radius 2 is 1.94 bits per heavy atom. The smallest absolute Gasteiger partial charge is 0.161 e. The number of aromatic nitrogens is 2. The van der Waals surface area contributed by atoms with Crippen LogP contribution in [0, 0.1) is 0 Å². The standard InChI is InChI=1S/C27H35N3O4/c1-3-26-28-13-15-30(26)16-17-33-24-11-10-22(18-25(24)32-2)19-29-14-7-12-27(31,20-29)21-34-23-8-5-4-6-9-23/h4-6,8-11,13,15,18,31H,3,7,12,14,16-17,19-21H2,1-2H3. The summed E-state index contributed by atoms with van der Waals surface area (Å²) in [6, 6.07) is 15.7. The second-order valence-corrected chi connectivity index (χ2v) is 8.86. The van der Waals surface area contributed by atoms with Crippen LogP contribution in [0.2, 0.25) is 0 Å².